The molecule has 0 N–H and O–H groups in total. The second-order valence-electron chi connectivity index (χ2n) is 7.26. The number of thioether (sulfide) groups is 1. The molecule has 152 valence electrons. The van der Waals surface area contributed by atoms with E-state index in [1.54, 1.807) is 33.1 Å². The summed E-state index contributed by atoms with van der Waals surface area (Å²) < 4.78 is 16.5. The van der Waals surface area contributed by atoms with Crippen molar-refractivity contribution in [2.24, 2.45) is 0 Å². The molecular formula is C24H21NO4S. The zero-order valence-electron chi connectivity index (χ0n) is 17.2. The number of rotatable bonds is 3. The molecule has 0 saturated heterocycles. The molecule has 1 aliphatic heterocycles. The van der Waals surface area contributed by atoms with Crippen LogP contribution >= 0.6 is 11.8 Å². The van der Waals surface area contributed by atoms with Crippen molar-refractivity contribution in [3.8, 4) is 17.2 Å². The van der Waals surface area contributed by atoms with Crippen LogP contribution in [0.1, 0.15) is 15.9 Å². The van der Waals surface area contributed by atoms with Gasteiger partial charge in [-0.15, -0.1) is 0 Å². The van der Waals surface area contributed by atoms with Crippen LogP contribution in [0.3, 0.4) is 0 Å². The van der Waals surface area contributed by atoms with E-state index >= 15 is 0 Å². The van der Waals surface area contributed by atoms with Crippen molar-refractivity contribution in [3.05, 3.63) is 64.2 Å². The Labute approximate surface area is 179 Å². The molecule has 5 nitrogen and oxygen atoms in total. The van der Waals surface area contributed by atoms with Gasteiger partial charge in [0.15, 0.2) is 17.3 Å². The summed E-state index contributed by atoms with van der Waals surface area (Å²) in [5.41, 5.74) is 3.37. The van der Waals surface area contributed by atoms with Gasteiger partial charge in [-0.05, 0) is 23.1 Å². The summed E-state index contributed by atoms with van der Waals surface area (Å²) in [6.07, 6.45) is 0.531. The molecule has 1 aliphatic carbocycles. The molecule has 1 heterocycles. The zero-order chi connectivity index (χ0) is 21.0. The fourth-order valence-corrected chi connectivity index (χ4v) is 5.60. The number of ketones is 1. The van der Waals surface area contributed by atoms with E-state index in [0.29, 0.717) is 29.2 Å². The number of carbonyl (C=O) groups excluding carboxylic acids is 1. The Bertz CT molecular complexity index is 1250. The highest BCUT2D eigenvalue weighted by Crippen LogP contribution is 2.53. The molecule has 0 saturated carbocycles. The molecule has 6 heteroatoms. The van der Waals surface area contributed by atoms with E-state index in [2.05, 4.69) is 29.2 Å². The first-order chi connectivity index (χ1) is 14.6. The van der Waals surface area contributed by atoms with Crippen molar-refractivity contribution >= 4 is 34.0 Å². The van der Waals surface area contributed by atoms with Crippen LogP contribution in [-0.2, 0) is 6.42 Å². The Morgan fingerprint density at radius 2 is 1.73 bits per heavy atom. The number of allylic oxidation sites excluding steroid dienone is 1. The van der Waals surface area contributed by atoms with E-state index in [4.69, 9.17) is 14.2 Å². The number of methoxy groups -OCH3 is 3. The SMILES string of the molecule is COc1cc2c(c(OC)c1OC)C(=O)C(=C1Sc3ccc4ccccc4c3N1C)C2. The van der Waals surface area contributed by atoms with Crippen molar-refractivity contribution in [1.82, 2.24) is 0 Å². The average Bonchev–Trinajstić information content (AvgIpc) is 3.28. The molecule has 0 amide bonds. The van der Waals surface area contributed by atoms with Gasteiger partial charge in [0.1, 0.15) is 0 Å². The summed E-state index contributed by atoms with van der Waals surface area (Å²) in [7, 11) is 6.72. The van der Waals surface area contributed by atoms with Gasteiger partial charge in [0, 0.05) is 29.3 Å². The Hall–Kier alpha value is -3.12. The van der Waals surface area contributed by atoms with Gasteiger partial charge >= 0.3 is 0 Å². The Morgan fingerprint density at radius 3 is 2.47 bits per heavy atom. The highest BCUT2D eigenvalue weighted by atomic mass is 32.2. The topological polar surface area (TPSA) is 48.0 Å². The van der Waals surface area contributed by atoms with Crippen molar-refractivity contribution in [2.75, 3.05) is 33.3 Å². The van der Waals surface area contributed by atoms with Crippen molar-refractivity contribution in [2.45, 2.75) is 11.3 Å². The maximum Gasteiger partial charge on any atom is 0.204 e. The zero-order valence-corrected chi connectivity index (χ0v) is 18.1. The molecule has 3 aromatic rings. The molecule has 0 atom stereocenters. The van der Waals surface area contributed by atoms with Crippen LogP contribution in [0.4, 0.5) is 5.69 Å². The minimum Gasteiger partial charge on any atom is -0.493 e. The van der Waals surface area contributed by atoms with Gasteiger partial charge in [0.2, 0.25) is 5.75 Å². The molecule has 0 bridgehead atoms. The Morgan fingerprint density at radius 1 is 0.967 bits per heavy atom. The predicted molar refractivity (Wildman–Crippen MR) is 119 cm³/mol. The lowest BCUT2D eigenvalue weighted by atomic mass is 10.1. The smallest absolute Gasteiger partial charge is 0.204 e. The molecule has 0 radical (unpaired) electrons. The summed E-state index contributed by atoms with van der Waals surface area (Å²) in [5.74, 6) is 1.42. The van der Waals surface area contributed by atoms with Crippen LogP contribution in [0.5, 0.6) is 17.2 Å². The average molecular weight is 420 g/mol. The second kappa shape index (κ2) is 6.99. The maximum atomic E-state index is 13.5. The fraction of sp³-hybridized carbons (Fsp3) is 0.208. The molecule has 5 rings (SSSR count). The summed E-state index contributed by atoms with van der Waals surface area (Å²) in [4.78, 5) is 16.8. The molecule has 0 aromatic heterocycles. The van der Waals surface area contributed by atoms with Gasteiger partial charge in [-0.2, -0.15) is 0 Å². The largest absolute Gasteiger partial charge is 0.493 e. The number of nitrogens with zero attached hydrogens (tertiary/aromatic N) is 1. The predicted octanol–water partition coefficient (Wildman–Crippen LogP) is 5.06. The van der Waals surface area contributed by atoms with Gasteiger partial charge in [-0.1, -0.05) is 42.1 Å². The van der Waals surface area contributed by atoms with Crippen LogP contribution < -0.4 is 19.1 Å². The summed E-state index contributed by atoms with van der Waals surface area (Å²) in [6.45, 7) is 0. The molecule has 2 aliphatic rings. The lowest BCUT2D eigenvalue weighted by Crippen LogP contribution is -2.14. The monoisotopic (exact) mass is 419 g/mol. The number of carbonyl (C=O) groups is 1. The molecule has 0 fully saturated rings. The fourth-order valence-electron chi connectivity index (χ4n) is 4.39. The van der Waals surface area contributed by atoms with Crippen LogP contribution in [-0.4, -0.2) is 34.2 Å². The molecule has 0 unspecified atom stereocenters. The van der Waals surface area contributed by atoms with Gasteiger partial charge in [-0.3, -0.25) is 4.79 Å². The lowest BCUT2D eigenvalue weighted by Gasteiger charge is -2.17. The van der Waals surface area contributed by atoms with E-state index in [9.17, 15) is 4.79 Å². The van der Waals surface area contributed by atoms with Crippen LogP contribution in [0, 0.1) is 0 Å². The summed E-state index contributed by atoms with van der Waals surface area (Å²) in [6, 6.07) is 14.5. The number of anilines is 1. The van der Waals surface area contributed by atoms with Gasteiger partial charge in [-0.25, -0.2) is 0 Å². The standard InChI is InChI=1S/C24H21NO4S/c1-25-20-15-8-6-5-7-13(15)9-10-18(20)30-24(25)16-11-14-12-17(27-2)22(28-3)23(29-4)19(14)21(16)26/h5-10,12H,11H2,1-4H3. The van der Waals surface area contributed by atoms with Crippen LogP contribution in [0.2, 0.25) is 0 Å². The minimum absolute atomic E-state index is 0.0192. The molecule has 30 heavy (non-hydrogen) atoms. The van der Waals surface area contributed by atoms with Crippen molar-refractivity contribution < 1.29 is 19.0 Å². The van der Waals surface area contributed by atoms with Crippen molar-refractivity contribution in [1.29, 1.82) is 0 Å². The third kappa shape index (κ3) is 2.53. The molecule has 3 aromatic carbocycles. The number of hydrogen-bond donors (Lipinski definition) is 0. The number of Topliss-reactive ketones (excluding diaryl/α,β-unsaturated/α-hetero) is 1. The van der Waals surface area contributed by atoms with Crippen LogP contribution in [0.25, 0.3) is 10.8 Å². The van der Waals surface area contributed by atoms with E-state index in [-0.39, 0.29) is 5.78 Å². The number of ether oxygens (including phenoxy) is 3. The highest BCUT2D eigenvalue weighted by Gasteiger charge is 2.38. The summed E-state index contributed by atoms with van der Waals surface area (Å²) in [5, 5.41) is 3.33. The minimum atomic E-state index is -0.0192. The van der Waals surface area contributed by atoms with Crippen molar-refractivity contribution in [3.63, 3.8) is 0 Å². The Balaban J connectivity index is 1.66. The first-order valence-electron chi connectivity index (χ1n) is 9.62. The highest BCUT2D eigenvalue weighted by molar-refractivity contribution is 8.03. The van der Waals surface area contributed by atoms with E-state index in [1.165, 1.54) is 10.8 Å². The first-order valence-corrected chi connectivity index (χ1v) is 10.4. The number of benzene rings is 3. The molecule has 0 spiro atoms. The van der Waals surface area contributed by atoms with E-state index in [0.717, 1.165) is 26.7 Å². The Kier molecular flexibility index (Phi) is 4.40. The second-order valence-corrected chi connectivity index (χ2v) is 8.29. The quantitative estimate of drug-likeness (QED) is 0.553. The summed E-state index contributed by atoms with van der Waals surface area (Å²) >= 11 is 1.65. The third-order valence-electron chi connectivity index (χ3n) is 5.75. The third-order valence-corrected chi connectivity index (χ3v) is 7.01. The van der Waals surface area contributed by atoms with E-state index in [1.807, 2.05) is 25.2 Å². The first kappa shape index (κ1) is 18.9. The normalized spacial score (nSPS) is 17.3. The van der Waals surface area contributed by atoms with Crippen LogP contribution in [0.15, 0.2) is 58.0 Å². The number of hydrogen-bond acceptors (Lipinski definition) is 6. The number of fused-ring (bicyclic) bond motifs is 4. The molecular weight excluding hydrogens is 398 g/mol. The maximum absolute atomic E-state index is 13.5. The van der Waals surface area contributed by atoms with Gasteiger partial charge < -0.3 is 19.1 Å². The van der Waals surface area contributed by atoms with E-state index < -0.39 is 0 Å². The van der Waals surface area contributed by atoms with Gasteiger partial charge in [0.05, 0.1) is 37.6 Å². The lowest BCUT2D eigenvalue weighted by molar-refractivity contribution is 0.103. The van der Waals surface area contributed by atoms with Gasteiger partial charge in [0.25, 0.3) is 0 Å².